The molecule has 1 aromatic heterocycles. The van der Waals surface area contributed by atoms with Crippen molar-refractivity contribution in [2.24, 2.45) is 0 Å². The summed E-state index contributed by atoms with van der Waals surface area (Å²) in [5.41, 5.74) is 2.55. The average molecular weight is 247 g/mol. The molecule has 98 valence electrons. The van der Waals surface area contributed by atoms with Gasteiger partial charge in [0.1, 0.15) is 0 Å². The van der Waals surface area contributed by atoms with Gasteiger partial charge in [-0.25, -0.2) is 9.13 Å². The summed E-state index contributed by atoms with van der Waals surface area (Å²) in [5, 5.41) is 0. The highest BCUT2D eigenvalue weighted by Gasteiger charge is 2.14. The Kier molecular flexibility index (Phi) is 4.76. The molecule has 1 aromatic carbocycles. The van der Waals surface area contributed by atoms with Crippen LogP contribution in [0.5, 0.6) is 0 Å². The van der Waals surface area contributed by atoms with Crippen molar-refractivity contribution in [1.29, 1.82) is 0 Å². The van der Waals surface area contributed by atoms with E-state index in [9.17, 15) is 0 Å². The molecule has 2 aromatic rings. The normalized spacial score (nSPS) is 11.2. The highest BCUT2D eigenvalue weighted by atomic mass is 16.5. The molecule has 3 heteroatoms. The molecule has 0 radical (unpaired) electrons. The summed E-state index contributed by atoms with van der Waals surface area (Å²) in [7, 11) is 0. The Balaban J connectivity index is 2.23. The van der Waals surface area contributed by atoms with Gasteiger partial charge in [0.2, 0.25) is 6.33 Å². The van der Waals surface area contributed by atoms with E-state index in [0.717, 1.165) is 19.6 Å². The molecule has 0 amide bonds. The van der Waals surface area contributed by atoms with E-state index in [2.05, 4.69) is 53.6 Å². The topological polar surface area (TPSA) is 18.0 Å². The van der Waals surface area contributed by atoms with Crippen LogP contribution in [0.3, 0.4) is 0 Å². The van der Waals surface area contributed by atoms with Gasteiger partial charge >= 0.3 is 0 Å². The Morgan fingerprint density at radius 2 is 2.00 bits per heavy atom. The number of hydrogen-bond acceptors (Lipinski definition) is 1. The van der Waals surface area contributed by atoms with Crippen molar-refractivity contribution in [3.8, 4) is 0 Å². The number of benzene rings is 1. The molecule has 0 unspecified atom stereocenters. The van der Waals surface area contributed by atoms with E-state index in [4.69, 9.17) is 4.74 Å². The van der Waals surface area contributed by atoms with Gasteiger partial charge in [-0.15, -0.1) is 0 Å². The molecule has 0 aliphatic rings. The maximum atomic E-state index is 5.64. The van der Waals surface area contributed by atoms with E-state index in [1.807, 2.05) is 0 Å². The number of hydrogen-bond donors (Lipinski definition) is 0. The molecule has 18 heavy (non-hydrogen) atoms. The van der Waals surface area contributed by atoms with Crippen LogP contribution in [0.4, 0.5) is 0 Å². The van der Waals surface area contributed by atoms with E-state index >= 15 is 0 Å². The molecule has 0 spiro atoms. The molecule has 0 aliphatic carbocycles. The van der Waals surface area contributed by atoms with Crippen LogP contribution in [0.25, 0.3) is 11.0 Å². The zero-order valence-electron chi connectivity index (χ0n) is 11.4. The predicted octanol–water partition coefficient (Wildman–Crippen LogP) is 3.11. The van der Waals surface area contributed by atoms with Crippen LogP contribution in [0.2, 0.25) is 0 Å². The number of fused-ring (bicyclic) bond motifs is 1. The van der Waals surface area contributed by atoms with Gasteiger partial charge in [-0.1, -0.05) is 32.4 Å². The molecular formula is C15H23N2O+. The number of ether oxygens (including phenoxy) is 1. The van der Waals surface area contributed by atoms with Crippen LogP contribution in [0, 0.1) is 0 Å². The maximum Gasteiger partial charge on any atom is 0.246 e. The molecule has 1 heterocycles. The van der Waals surface area contributed by atoms with E-state index in [0.29, 0.717) is 6.73 Å². The monoisotopic (exact) mass is 247 g/mol. The number of aryl methyl sites for hydroxylation is 1. The minimum atomic E-state index is 0.646. The number of rotatable bonds is 7. The second-order valence-electron chi connectivity index (χ2n) is 4.66. The fourth-order valence-corrected chi connectivity index (χ4v) is 2.16. The summed E-state index contributed by atoms with van der Waals surface area (Å²) < 4.78 is 10.2. The molecule has 0 N–H and O–H groups in total. The third-order valence-corrected chi connectivity index (χ3v) is 3.11. The second kappa shape index (κ2) is 6.55. The summed E-state index contributed by atoms with van der Waals surface area (Å²) in [6.07, 6.45) is 5.68. The first kappa shape index (κ1) is 13.1. The van der Waals surface area contributed by atoms with Crippen LogP contribution in [-0.2, 0) is 18.0 Å². The van der Waals surface area contributed by atoms with Gasteiger partial charge in [0, 0.05) is 0 Å². The van der Waals surface area contributed by atoms with E-state index < -0.39 is 0 Å². The number of aromatic nitrogens is 2. The number of nitrogens with zero attached hydrogens (tertiary/aromatic N) is 2. The number of imidazole rings is 1. The van der Waals surface area contributed by atoms with Crippen LogP contribution in [0.15, 0.2) is 30.6 Å². The Morgan fingerprint density at radius 1 is 1.17 bits per heavy atom. The SMILES string of the molecule is CCCCn1c[n+](COCCC)c2ccccc21. The number of para-hydroxylation sites is 2. The maximum absolute atomic E-state index is 5.64. The first-order valence-corrected chi connectivity index (χ1v) is 6.91. The molecule has 0 fully saturated rings. The van der Waals surface area contributed by atoms with Crippen molar-refractivity contribution in [2.45, 2.75) is 46.4 Å². The Labute approximate surface area is 109 Å². The van der Waals surface area contributed by atoms with E-state index in [1.165, 1.54) is 23.9 Å². The van der Waals surface area contributed by atoms with Crippen LogP contribution >= 0.6 is 0 Å². The van der Waals surface area contributed by atoms with Crippen molar-refractivity contribution < 1.29 is 9.30 Å². The predicted molar refractivity (Wildman–Crippen MR) is 73.3 cm³/mol. The summed E-state index contributed by atoms with van der Waals surface area (Å²) >= 11 is 0. The minimum Gasteiger partial charge on any atom is -0.342 e. The Morgan fingerprint density at radius 3 is 2.78 bits per heavy atom. The van der Waals surface area contributed by atoms with Crippen molar-refractivity contribution >= 4 is 11.0 Å². The molecule has 0 atom stereocenters. The minimum absolute atomic E-state index is 0.646. The van der Waals surface area contributed by atoms with E-state index in [1.54, 1.807) is 0 Å². The van der Waals surface area contributed by atoms with Crippen molar-refractivity contribution in [2.75, 3.05) is 6.61 Å². The molecule has 3 nitrogen and oxygen atoms in total. The van der Waals surface area contributed by atoms with Crippen LogP contribution in [0.1, 0.15) is 33.1 Å². The highest BCUT2D eigenvalue weighted by Crippen LogP contribution is 2.11. The molecule has 0 saturated heterocycles. The molecule has 0 aliphatic heterocycles. The standard InChI is InChI=1S/C15H23N2O/c1-3-5-10-16-12-17(13-18-11-4-2)15-9-7-6-8-14(15)16/h6-9,12H,3-5,10-11,13H2,1-2H3/q+1. The molecule has 0 saturated carbocycles. The third kappa shape index (κ3) is 2.91. The first-order valence-electron chi connectivity index (χ1n) is 6.91. The Bertz CT molecular complexity index is 490. The highest BCUT2D eigenvalue weighted by molar-refractivity contribution is 5.71. The van der Waals surface area contributed by atoms with Crippen molar-refractivity contribution in [3.63, 3.8) is 0 Å². The molecule has 0 bridgehead atoms. The zero-order chi connectivity index (χ0) is 12.8. The van der Waals surface area contributed by atoms with Crippen LogP contribution in [-0.4, -0.2) is 11.2 Å². The lowest BCUT2D eigenvalue weighted by Gasteiger charge is -1.98. The second-order valence-corrected chi connectivity index (χ2v) is 4.66. The fraction of sp³-hybridized carbons (Fsp3) is 0.533. The summed E-state index contributed by atoms with van der Waals surface area (Å²) in [5.74, 6) is 0. The quantitative estimate of drug-likeness (QED) is 0.543. The van der Waals surface area contributed by atoms with Gasteiger partial charge in [-0.3, -0.25) is 0 Å². The fourth-order valence-electron chi connectivity index (χ4n) is 2.16. The van der Waals surface area contributed by atoms with Gasteiger partial charge in [0.05, 0.1) is 13.2 Å². The van der Waals surface area contributed by atoms with Gasteiger partial charge < -0.3 is 4.74 Å². The lowest BCUT2D eigenvalue weighted by molar-refractivity contribution is -0.710. The van der Waals surface area contributed by atoms with Crippen LogP contribution < -0.4 is 4.57 Å². The lowest BCUT2D eigenvalue weighted by atomic mass is 10.3. The number of unbranched alkanes of at least 4 members (excludes halogenated alkanes) is 1. The average Bonchev–Trinajstić information content (AvgIpc) is 2.76. The zero-order valence-corrected chi connectivity index (χ0v) is 11.4. The van der Waals surface area contributed by atoms with Crippen molar-refractivity contribution in [1.82, 2.24) is 4.57 Å². The summed E-state index contributed by atoms with van der Waals surface area (Å²) in [6, 6.07) is 8.53. The first-order chi connectivity index (χ1) is 8.86. The Hall–Kier alpha value is -1.35. The smallest absolute Gasteiger partial charge is 0.246 e. The third-order valence-electron chi connectivity index (χ3n) is 3.11. The largest absolute Gasteiger partial charge is 0.342 e. The lowest BCUT2D eigenvalue weighted by Crippen LogP contribution is -2.33. The van der Waals surface area contributed by atoms with Gasteiger partial charge in [0.15, 0.2) is 17.8 Å². The summed E-state index contributed by atoms with van der Waals surface area (Å²) in [4.78, 5) is 0. The molecular weight excluding hydrogens is 224 g/mol. The van der Waals surface area contributed by atoms with E-state index in [-0.39, 0.29) is 0 Å². The summed E-state index contributed by atoms with van der Waals surface area (Å²) in [6.45, 7) is 6.91. The molecule has 2 rings (SSSR count). The van der Waals surface area contributed by atoms with Gasteiger partial charge in [-0.05, 0) is 25.0 Å². The van der Waals surface area contributed by atoms with Gasteiger partial charge in [-0.2, -0.15) is 0 Å². The van der Waals surface area contributed by atoms with Gasteiger partial charge in [0.25, 0.3) is 0 Å². The van der Waals surface area contributed by atoms with Crippen molar-refractivity contribution in [3.05, 3.63) is 30.6 Å².